The topological polar surface area (TPSA) is 102 Å². The number of nitrogens with zero attached hydrogens (tertiary/aromatic N) is 2. The Kier molecular flexibility index (Phi) is 5.48. The first-order valence-corrected chi connectivity index (χ1v) is 8.93. The summed E-state index contributed by atoms with van der Waals surface area (Å²) in [4.78, 5) is 11.9. The van der Waals surface area contributed by atoms with Crippen LogP contribution < -0.4 is 15.8 Å². The number of hydrogen-bond donors (Lipinski definition) is 3. The Morgan fingerprint density at radius 1 is 1.48 bits per heavy atom. The van der Waals surface area contributed by atoms with E-state index in [2.05, 4.69) is 10.4 Å². The van der Waals surface area contributed by atoms with Crippen LogP contribution in [0.15, 0.2) is 30.6 Å². The van der Waals surface area contributed by atoms with Gasteiger partial charge in [-0.1, -0.05) is 6.07 Å². The number of hydrogen-bond acceptors (Lipinski definition) is 5. The zero-order valence-corrected chi connectivity index (χ0v) is 15.5. The van der Waals surface area contributed by atoms with Crippen molar-refractivity contribution in [2.45, 2.75) is 44.7 Å². The van der Waals surface area contributed by atoms with Gasteiger partial charge in [-0.05, 0) is 44.5 Å². The maximum absolute atomic E-state index is 14.0. The molecule has 0 unspecified atom stereocenters. The van der Waals surface area contributed by atoms with Crippen LogP contribution >= 0.6 is 0 Å². The van der Waals surface area contributed by atoms with E-state index in [0.717, 1.165) is 11.1 Å². The first kappa shape index (κ1) is 19.3. The van der Waals surface area contributed by atoms with Crippen molar-refractivity contribution in [3.05, 3.63) is 36.2 Å². The molecule has 1 fully saturated rings. The van der Waals surface area contributed by atoms with Gasteiger partial charge in [0.2, 0.25) is 0 Å². The normalized spacial score (nSPS) is 20.4. The fourth-order valence-electron chi connectivity index (χ4n) is 3.09. The number of carbonyl (C=O) groups excluding carboxylic acids is 1. The van der Waals surface area contributed by atoms with Crippen molar-refractivity contribution in [2.75, 3.05) is 13.1 Å². The van der Waals surface area contributed by atoms with Crippen LogP contribution in [0, 0.1) is 0 Å². The van der Waals surface area contributed by atoms with Gasteiger partial charge >= 0.3 is 0 Å². The Balaban J connectivity index is 1.84. The Morgan fingerprint density at radius 2 is 2.26 bits per heavy atom. The fourth-order valence-corrected chi connectivity index (χ4v) is 3.09. The third-order valence-electron chi connectivity index (χ3n) is 4.39. The average molecular weight is 376 g/mol. The average Bonchev–Trinajstić information content (AvgIpc) is 3.03. The molecule has 146 valence electrons. The summed E-state index contributed by atoms with van der Waals surface area (Å²) in [7, 11) is 0. The minimum absolute atomic E-state index is 0.202. The number of alkyl halides is 1. The Bertz CT molecular complexity index is 816. The zero-order chi connectivity index (χ0) is 19.6. The highest BCUT2D eigenvalue weighted by molar-refractivity contribution is 5.97. The number of piperidine rings is 1. The van der Waals surface area contributed by atoms with E-state index in [9.17, 15) is 14.3 Å². The highest BCUT2D eigenvalue weighted by Crippen LogP contribution is 2.29. The van der Waals surface area contributed by atoms with Crippen LogP contribution in [0.5, 0.6) is 5.75 Å². The smallest absolute Gasteiger partial charge is 0.252 e. The summed E-state index contributed by atoms with van der Waals surface area (Å²) < 4.78 is 21.4. The highest BCUT2D eigenvalue weighted by atomic mass is 19.1. The lowest BCUT2D eigenvalue weighted by molar-refractivity contribution is 0.0577. The molecule has 0 radical (unpaired) electrons. The fraction of sp³-hybridized carbons (Fsp3) is 0.474. The molecule has 2 atom stereocenters. The molecule has 1 saturated heterocycles. The van der Waals surface area contributed by atoms with E-state index >= 15 is 0 Å². The van der Waals surface area contributed by atoms with Crippen LogP contribution in [0.1, 0.15) is 30.6 Å². The molecule has 1 aromatic carbocycles. The van der Waals surface area contributed by atoms with E-state index in [0.29, 0.717) is 19.5 Å². The van der Waals surface area contributed by atoms with Crippen LogP contribution in [0.4, 0.5) is 4.39 Å². The molecule has 1 amide bonds. The first-order valence-electron chi connectivity index (χ1n) is 8.93. The third kappa shape index (κ3) is 4.84. The Morgan fingerprint density at radius 3 is 2.93 bits per heavy atom. The summed E-state index contributed by atoms with van der Waals surface area (Å²) in [5.41, 5.74) is 6.33. The van der Waals surface area contributed by atoms with E-state index in [-0.39, 0.29) is 17.9 Å². The monoisotopic (exact) mass is 376 g/mol. The van der Waals surface area contributed by atoms with E-state index in [1.807, 2.05) is 0 Å². The number of amides is 1. The van der Waals surface area contributed by atoms with E-state index in [1.54, 1.807) is 49.1 Å². The highest BCUT2D eigenvalue weighted by Gasteiger charge is 2.27. The second-order valence-corrected chi connectivity index (χ2v) is 7.48. The molecule has 7 nitrogen and oxygen atoms in total. The van der Waals surface area contributed by atoms with Gasteiger partial charge in [-0.15, -0.1) is 0 Å². The van der Waals surface area contributed by atoms with Gasteiger partial charge < -0.3 is 20.9 Å². The molecule has 0 aliphatic carbocycles. The predicted molar refractivity (Wildman–Crippen MR) is 99.3 cm³/mol. The lowest BCUT2D eigenvalue weighted by Crippen LogP contribution is -2.44. The Labute approximate surface area is 157 Å². The van der Waals surface area contributed by atoms with E-state index < -0.39 is 23.8 Å². The minimum atomic E-state index is -1.14. The summed E-state index contributed by atoms with van der Waals surface area (Å²) in [6.45, 7) is 4.63. The molecule has 1 aliphatic rings. The number of benzene rings is 1. The van der Waals surface area contributed by atoms with Crippen molar-refractivity contribution in [2.24, 2.45) is 5.73 Å². The minimum Gasteiger partial charge on any atom is -0.486 e. The van der Waals surface area contributed by atoms with Crippen molar-refractivity contribution < 1.29 is 19.0 Å². The molecule has 2 aromatic rings. The van der Waals surface area contributed by atoms with Crippen LogP contribution in [-0.2, 0) is 6.54 Å². The summed E-state index contributed by atoms with van der Waals surface area (Å²) in [5.74, 6) is -0.357. The largest absolute Gasteiger partial charge is 0.486 e. The van der Waals surface area contributed by atoms with Gasteiger partial charge in [0.15, 0.2) is 0 Å². The van der Waals surface area contributed by atoms with E-state index in [4.69, 9.17) is 10.5 Å². The van der Waals surface area contributed by atoms with Gasteiger partial charge in [-0.2, -0.15) is 5.10 Å². The molecular weight excluding hydrogens is 351 g/mol. The molecule has 2 heterocycles. The number of nitrogens with one attached hydrogen (secondary N) is 1. The van der Waals surface area contributed by atoms with Crippen molar-refractivity contribution in [3.8, 4) is 16.9 Å². The van der Waals surface area contributed by atoms with Crippen LogP contribution in [-0.4, -0.2) is 51.8 Å². The maximum atomic E-state index is 14.0. The van der Waals surface area contributed by atoms with Crippen molar-refractivity contribution in [1.82, 2.24) is 15.1 Å². The second kappa shape index (κ2) is 7.66. The van der Waals surface area contributed by atoms with Gasteiger partial charge in [0.05, 0.1) is 23.9 Å². The number of ether oxygens (including phenoxy) is 1. The van der Waals surface area contributed by atoms with E-state index in [1.165, 1.54) is 0 Å². The molecule has 1 aromatic heterocycles. The van der Waals surface area contributed by atoms with Crippen LogP contribution in [0.25, 0.3) is 11.1 Å². The number of carbonyl (C=O) groups is 1. The lowest BCUT2D eigenvalue weighted by atomic mass is 10.0. The number of halogens is 1. The standard InChI is InChI=1S/C19H25FN4O3/c1-19(2,26)11-24-10-13(8-23-24)12-3-4-16(14(7-12)18(21)25)27-17-5-6-22-9-15(17)20/h3-4,7-8,10,15,17,22,26H,5-6,9,11H2,1-2H3,(H2,21,25)/t15-,17-/m0/s1. The Hall–Kier alpha value is -2.45. The summed E-state index contributed by atoms with van der Waals surface area (Å²) in [5, 5.41) is 17.1. The number of aromatic nitrogens is 2. The van der Waals surface area contributed by atoms with Crippen LogP contribution in [0.3, 0.4) is 0 Å². The quantitative estimate of drug-likeness (QED) is 0.709. The van der Waals surface area contributed by atoms with Gasteiger partial charge in [-0.3, -0.25) is 9.48 Å². The molecule has 8 heteroatoms. The van der Waals surface area contributed by atoms with Gasteiger partial charge in [0, 0.05) is 18.3 Å². The molecule has 3 rings (SSSR count). The summed E-state index contributed by atoms with van der Waals surface area (Å²) >= 11 is 0. The molecule has 27 heavy (non-hydrogen) atoms. The van der Waals surface area contributed by atoms with Crippen molar-refractivity contribution in [3.63, 3.8) is 0 Å². The maximum Gasteiger partial charge on any atom is 0.252 e. The summed E-state index contributed by atoms with van der Waals surface area (Å²) in [6.07, 6.45) is 2.20. The molecule has 0 bridgehead atoms. The van der Waals surface area contributed by atoms with Crippen LogP contribution in [0.2, 0.25) is 0 Å². The SMILES string of the molecule is CC(C)(O)Cn1cc(-c2ccc(O[C@H]3CCNC[C@@H]3F)c(C(N)=O)c2)cn1. The van der Waals surface area contributed by atoms with Crippen molar-refractivity contribution in [1.29, 1.82) is 0 Å². The van der Waals surface area contributed by atoms with Gasteiger partial charge in [0.1, 0.15) is 18.0 Å². The van der Waals surface area contributed by atoms with Gasteiger partial charge in [-0.25, -0.2) is 4.39 Å². The predicted octanol–water partition coefficient (Wildman–Crippen LogP) is 1.50. The molecular formula is C19H25FN4O3. The van der Waals surface area contributed by atoms with Crippen molar-refractivity contribution >= 4 is 5.91 Å². The molecule has 0 saturated carbocycles. The molecule has 4 N–H and O–H groups in total. The summed E-state index contributed by atoms with van der Waals surface area (Å²) in [6, 6.07) is 5.04. The van der Waals surface area contributed by atoms with Gasteiger partial charge in [0.25, 0.3) is 5.91 Å². The third-order valence-corrected chi connectivity index (χ3v) is 4.39. The number of primary amides is 1. The number of nitrogens with two attached hydrogens (primary N) is 1. The second-order valence-electron chi connectivity index (χ2n) is 7.48. The lowest BCUT2D eigenvalue weighted by Gasteiger charge is -2.28. The number of rotatable bonds is 6. The zero-order valence-electron chi connectivity index (χ0n) is 15.5. The first-order chi connectivity index (χ1) is 12.7. The molecule has 1 aliphatic heterocycles. The number of aliphatic hydroxyl groups is 1. The molecule has 0 spiro atoms.